The predicted molar refractivity (Wildman–Crippen MR) is 83.5 cm³/mol. The molecule has 0 aliphatic carbocycles. The summed E-state index contributed by atoms with van der Waals surface area (Å²) in [6.07, 6.45) is -0.190. The molecule has 110 valence electrons. The lowest BCUT2D eigenvalue weighted by atomic mass is 10.1. The van der Waals surface area contributed by atoms with Gasteiger partial charge in [-0.25, -0.2) is 0 Å². The molecule has 0 aliphatic heterocycles. The average molecular weight is 295 g/mol. The van der Waals surface area contributed by atoms with E-state index >= 15 is 0 Å². The van der Waals surface area contributed by atoms with E-state index in [1.807, 2.05) is 24.1 Å². The van der Waals surface area contributed by atoms with Crippen LogP contribution < -0.4 is 11.1 Å². The van der Waals surface area contributed by atoms with E-state index in [4.69, 9.17) is 18.0 Å². The summed E-state index contributed by atoms with van der Waals surface area (Å²) in [7, 11) is 3.48. The van der Waals surface area contributed by atoms with Gasteiger partial charge in [0.15, 0.2) is 0 Å². The highest BCUT2D eigenvalue weighted by Crippen LogP contribution is 2.15. The van der Waals surface area contributed by atoms with E-state index in [1.165, 1.54) is 0 Å². The molecule has 0 bridgehead atoms. The van der Waals surface area contributed by atoms with Crippen LogP contribution in [0.15, 0.2) is 24.3 Å². The van der Waals surface area contributed by atoms with E-state index in [0.717, 1.165) is 11.1 Å². The molecule has 0 heterocycles. The Labute approximate surface area is 124 Å². The van der Waals surface area contributed by atoms with E-state index in [2.05, 4.69) is 5.32 Å². The number of benzene rings is 1. The van der Waals surface area contributed by atoms with Crippen LogP contribution in [-0.4, -0.2) is 48.1 Å². The summed E-state index contributed by atoms with van der Waals surface area (Å²) in [5.74, 6) is -0.00727. The van der Waals surface area contributed by atoms with Crippen molar-refractivity contribution in [3.05, 3.63) is 35.4 Å². The third-order valence-corrected chi connectivity index (χ3v) is 3.30. The number of nitrogens with one attached hydrogen (secondary N) is 1. The highest BCUT2D eigenvalue weighted by Gasteiger charge is 2.11. The first-order valence-electron chi connectivity index (χ1n) is 6.41. The number of aliphatic hydroxyl groups is 1. The van der Waals surface area contributed by atoms with Crippen LogP contribution in [0.3, 0.4) is 0 Å². The van der Waals surface area contributed by atoms with Crippen LogP contribution in [0, 0.1) is 0 Å². The van der Waals surface area contributed by atoms with Crippen molar-refractivity contribution >= 4 is 23.1 Å². The van der Waals surface area contributed by atoms with Gasteiger partial charge < -0.3 is 21.1 Å². The van der Waals surface area contributed by atoms with E-state index in [-0.39, 0.29) is 5.91 Å². The van der Waals surface area contributed by atoms with Crippen molar-refractivity contribution in [2.75, 3.05) is 27.2 Å². The Morgan fingerprint density at radius 1 is 1.45 bits per heavy atom. The van der Waals surface area contributed by atoms with Gasteiger partial charge in [0.2, 0.25) is 5.91 Å². The van der Waals surface area contributed by atoms with Crippen LogP contribution in [0.5, 0.6) is 0 Å². The number of carbonyl (C=O) groups excluding carboxylic acids is 1. The standard InChI is InChI=1S/C14H21N3O2S/c1-16-13(19)7-8-17(2)9-12(18)10-3-5-11(6-4-10)14(15)20/h3-6,12,18H,7-9H2,1-2H3,(H2,15,20)(H,16,19). The summed E-state index contributed by atoms with van der Waals surface area (Å²) in [4.78, 5) is 13.4. The maximum atomic E-state index is 11.1. The second-order valence-electron chi connectivity index (χ2n) is 4.69. The van der Waals surface area contributed by atoms with E-state index in [0.29, 0.717) is 24.5 Å². The Morgan fingerprint density at radius 3 is 2.55 bits per heavy atom. The van der Waals surface area contributed by atoms with Crippen molar-refractivity contribution in [2.45, 2.75) is 12.5 Å². The van der Waals surface area contributed by atoms with Crippen LogP contribution >= 0.6 is 12.2 Å². The number of likely N-dealkylation sites (N-methyl/N-ethyl adjacent to an activating group) is 1. The molecule has 20 heavy (non-hydrogen) atoms. The molecule has 0 fully saturated rings. The Balaban J connectivity index is 2.51. The van der Waals surface area contributed by atoms with Crippen molar-refractivity contribution in [1.82, 2.24) is 10.2 Å². The number of aliphatic hydroxyl groups excluding tert-OH is 1. The zero-order chi connectivity index (χ0) is 15.1. The maximum Gasteiger partial charge on any atom is 0.221 e. The van der Waals surface area contributed by atoms with Gasteiger partial charge in [-0.15, -0.1) is 0 Å². The first kappa shape index (κ1) is 16.6. The maximum absolute atomic E-state index is 11.1. The highest BCUT2D eigenvalue weighted by atomic mass is 32.1. The predicted octanol–water partition coefficient (Wildman–Crippen LogP) is 0.422. The van der Waals surface area contributed by atoms with Crippen LogP contribution in [0.1, 0.15) is 23.7 Å². The minimum absolute atomic E-state index is 0.00727. The minimum atomic E-state index is -0.606. The number of amides is 1. The van der Waals surface area contributed by atoms with Gasteiger partial charge in [0, 0.05) is 32.1 Å². The quantitative estimate of drug-likeness (QED) is 0.636. The molecule has 5 nitrogen and oxygen atoms in total. The SMILES string of the molecule is CNC(=O)CCN(C)CC(O)c1ccc(C(N)=S)cc1. The van der Waals surface area contributed by atoms with Gasteiger partial charge in [0.25, 0.3) is 0 Å². The number of rotatable bonds is 7. The lowest BCUT2D eigenvalue weighted by molar-refractivity contribution is -0.120. The van der Waals surface area contributed by atoms with E-state index in [1.54, 1.807) is 19.2 Å². The summed E-state index contributed by atoms with van der Waals surface area (Å²) >= 11 is 4.88. The molecular weight excluding hydrogens is 274 g/mol. The number of carbonyl (C=O) groups is 1. The third-order valence-electron chi connectivity index (χ3n) is 3.06. The lowest BCUT2D eigenvalue weighted by Crippen LogP contribution is -2.29. The van der Waals surface area contributed by atoms with Gasteiger partial charge in [-0.2, -0.15) is 0 Å². The number of nitrogens with zero attached hydrogens (tertiary/aromatic N) is 1. The smallest absolute Gasteiger partial charge is 0.221 e. The molecular formula is C14H21N3O2S. The number of hydrogen-bond acceptors (Lipinski definition) is 4. The summed E-state index contributed by atoms with van der Waals surface area (Å²) in [5, 5.41) is 12.7. The van der Waals surface area contributed by atoms with Crippen molar-refractivity contribution < 1.29 is 9.90 Å². The van der Waals surface area contributed by atoms with E-state index in [9.17, 15) is 9.90 Å². The summed E-state index contributed by atoms with van der Waals surface area (Å²) in [6, 6.07) is 7.22. The second-order valence-corrected chi connectivity index (χ2v) is 5.13. The monoisotopic (exact) mass is 295 g/mol. The molecule has 1 aromatic carbocycles. The Kier molecular flexibility index (Phi) is 6.57. The van der Waals surface area contributed by atoms with Crippen molar-refractivity contribution in [2.24, 2.45) is 5.73 Å². The molecule has 0 saturated heterocycles. The number of thiocarbonyl (C=S) groups is 1. The Hall–Kier alpha value is -1.50. The second kappa shape index (κ2) is 7.94. The molecule has 0 radical (unpaired) electrons. The minimum Gasteiger partial charge on any atom is -0.389 e. The average Bonchev–Trinajstić information content (AvgIpc) is 2.44. The fourth-order valence-electron chi connectivity index (χ4n) is 1.78. The first-order valence-corrected chi connectivity index (χ1v) is 6.81. The Morgan fingerprint density at radius 2 is 2.05 bits per heavy atom. The Bertz CT molecular complexity index is 462. The summed E-state index contributed by atoms with van der Waals surface area (Å²) in [6.45, 7) is 1.06. The van der Waals surface area contributed by atoms with E-state index < -0.39 is 6.10 Å². The van der Waals surface area contributed by atoms with Crippen molar-refractivity contribution in [3.8, 4) is 0 Å². The fraction of sp³-hybridized carbons (Fsp3) is 0.429. The molecule has 0 aliphatic rings. The summed E-state index contributed by atoms with van der Waals surface area (Å²) < 4.78 is 0. The largest absolute Gasteiger partial charge is 0.389 e. The van der Waals surface area contributed by atoms with Crippen LogP contribution in [0.4, 0.5) is 0 Å². The number of nitrogens with two attached hydrogens (primary N) is 1. The summed E-state index contributed by atoms with van der Waals surface area (Å²) in [5.41, 5.74) is 7.11. The van der Waals surface area contributed by atoms with Crippen molar-refractivity contribution in [1.29, 1.82) is 0 Å². The molecule has 4 N–H and O–H groups in total. The zero-order valence-electron chi connectivity index (χ0n) is 11.8. The zero-order valence-corrected chi connectivity index (χ0v) is 12.6. The molecule has 0 saturated carbocycles. The molecule has 1 aromatic rings. The van der Waals surface area contributed by atoms with Gasteiger partial charge in [-0.3, -0.25) is 4.79 Å². The van der Waals surface area contributed by atoms with Gasteiger partial charge in [0.1, 0.15) is 4.99 Å². The topological polar surface area (TPSA) is 78.6 Å². The molecule has 0 spiro atoms. The molecule has 0 aromatic heterocycles. The molecule has 1 unspecified atom stereocenters. The first-order chi connectivity index (χ1) is 9.43. The number of hydrogen-bond donors (Lipinski definition) is 3. The molecule has 1 atom stereocenters. The molecule has 6 heteroatoms. The third kappa shape index (κ3) is 5.24. The van der Waals surface area contributed by atoms with Gasteiger partial charge in [0.05, 0.1) is 6.10 Å². The molecule has 1 amide bonds. The van der Waals surface area contributed by atoms with Crippen LogP contribution in [0.2, 0.25) is 0 Å². The van der Waals surface area contributed by atoms with Gasteiger partial charge in [-0.05, 0) is 12.6 Å². The lowest BCUT2D eigenvalue weighted by Gasteiger charge is -2.20. The normalized spacial score (nSPS) is 12.2. The molecule has 1 rings (SSSR count). The van der Waals surface area contributed by atoms with Crippen LogP contribution in [-0.2, 0) is 4.79 Å². The van der Waals surface area contributed by atoms with Crippen LogP contribution in [0.25, 0.3) is 0 Å². The van der Waals surface area contributed by atoms with Crippen molar-refractivity contribution in [3.63, 3.8) is 0 Å². The van der Waals surface area contributed by atoms with Gasteiger partial charge in [-0.1, -0.05) is 36.5 Å². The van der Waals surface area contributed by atoms with Gasteiger partial charge >= 0.3 is 0 Å². The highest BCUT2D eigenvalue weighted by molar-refractivity contribution is 7.80. The fourth-order valence-corrected chi connectivity index (χ4v) is 1.91.